The number of amides is 1. The van der Waals surface area contributed by atoms with E-state index in [2.05, 4.69) is 0 Å². The van der Waals surface area contributed by atoms with Gasteiger partial charge in [-0.15, -0.1) is 0 Å². The Hall–Kier alpha value is -0.640. The minimum atomic E-state index is -1.70. The molecule has 0 radical (unpaired) electrons. The Morgan fingerprint density at radius 3 is 2.40 bits per heavy atom. The lowest BCUT2D eigenvalue weighted by molar-refractivity contribution is -0.142. The standard InChI is InChI=1S/C11H21FN2O/c1-8(2)14-6-9(3)11(12,7-14)10(15)13(4)5/h8-9H,6-7H2,1-5H3. The van der Waals surface area contributed by atoms with Crippen LogP contribution in [0, 0.1) is 5.92 Å². The highest BCUT2D eigenvalue weighted by Crippen LogP contribution is 2.33. The van der Waals surface area contributed by atoms with E-state index in [-0.39, 0.29) is 12.5 Å². The van der Waals surface area contributed by atoms with Gasteiger partial charge in [-0.1, -0.05) is 6.92 Å². The van der Waals surface area contributed by atoms with Gasteiger partial charge in [0, 0.05) is 39.1 Å². The number of carbonyl (C=O) groups is 1. The molecule has 1 aliphatic heterocycles. The SMILES string of the molecule is CC(C)N1CC(C)C(F)(C(=O)N(C)C)C1. The van der Waals surface area contributed by atoms with Crippen molar-refractivity contribution in [1.29, 1.82) is 0 Å². The molecule has 1 amide bonds. The molecule has 2 unspecified atom stereocenters. The summed E-state index contributed by atoms with van der Waals surface area (Å²) in [6.45, 7) is 6.75. The van der Waals surface area contributed by atoms with Gasteiger partial charge in [-0.3, -0.25) is 9.69 Å². The lowest BCUT2D eigenvalue weighted by atomic mass is 9.93. The molecule has 1 aliphatic rings. The third-order valence-electron chi connectivity index (χ3n) is 3.21. The summed E-state index contributed by atoms with van der Waals surface area (Å²) in [5.74, 6) is -0.632. The third-order valence-corrected chi connectivity index (χ3v) is 3.21. The number of carbonyl (C=O) groups excluding carboxylic acids is 1. The van der Waals surface area contributed by atoms with Crippen molar-refractivity contribution in [3.05, 3.63) is 0 Å². The van der Waals surface area contributed by atoms with Crippen LogP contribution in [0.1, 0.15) is 20.8 Å². The molecule has 0 aliphatic carbocycles. The Morgan fingerprint density at radius 1 is 1.53 bits per heavy atom. The van der Waals surface area contributed by atoms with Crippen LogP contribution < -0.4 is 0 Å². The summed E-state index contributed by atoms with van der Waals surface area (Å²) in [5, 5.41) is 0. The molecule has 0 aromatic rings. The van der Waals surface area contributed by atoms with Gasteiger partial charge < -0.3 is 4.90 Å². The summed E-state index contributed by atoms with van der Waals surface area (Å²) in [6.07, 6.45) is 0. The van der Waals surface area contributed by atoms with Crippen LogP contribution in [0.4, 0.5) is 4.39 Å². The highest BCUT2D eigenvalue weighted by atomic mass is 19.1. The third kappa shape index (κ3) is 2.14. The average Bonchev–Trinajstić information content (AvgIpc) is 2.43. The van der Waals surface area contributed by atoms with E-state index in [1.807, 2.05) is 25.7 Å². The van der Waals surface area contributed by atoms with Gasteiger partial charge in [0.2, 0.25) is 5.67 Å². The first kappa shape index (κ1) is 12.4. The quantitative estimate of drug-likeness (QED) is 0.691. The van der Waals surface area contributed by atoms with Gasteiger partial charge in [0.25, 0.3) is 5.91 Å². The molecule has 1 heterocycles. The predicted octanol–water partition coefficient (Wildman–Crippen LogP) is 1.14. The van der Waals surface area contributed by atoms with Gasteiger partial charge in [0.05, 0.1) is 0 Å². The van der Waals surface area contributed by atoms with Crippen molar-refractivity contribution in [3.63, 3.8) is 0 Å². The summed E-state index contributed by atoms with van der Waals surface area (Å²) in [7, 11) is 3.21. The number of hydrogen-bond acceptors (Lipinski definition) is 2. The molecule has 2 atom stereocenters. The molecule has 3 nitrogen and oxygen atoms in total. The van der Waals surface area contributed by atoms with Crippen molar-refractivity contribution in [2.24, 2.45) is 5.92 Å². The van der Waals surface area contributed by atoms with E-state index in [4.69, 9.17) is 0 Å². The van der Waals surface area contributed by atoms with Crippen LogP contribution in [0.15, 0.2) is 0 Å². The normalized spacial score (nSPS) is 32.3. The molecule has 0 saturated carbocycles. The second-order valence-corrected chi connectivity index (χ2v) is 4.99. The molecule has 88 valence electrons. The molecule has 1 fully saturated rings. The fourth-order valence-electron chi connectivity index (χ4n) is 2.06. The minimum Gasteiger partial charge on any atom is -0.346 e. The molecular weight excluding hydrogens is 195 g/mol. The van der Waals surface area contributed by atoms with Crippen LogP contribution >= 0.6 is 0 Å². The Labute approximate surface area is 91.2 Å². The molecule has 1 rings (SSSR count). The summed E-state index contributed by atoms with van der Waals surface area (Å²) in [4.78, 5) is 15.1. The van der Waals surface area contributed by atoms with Gasteiger partial charge in [0.1, 0.15) is 0 Å². The molecule has 0 aromatic heterocycles. The Bertz CT molecular complexity index is 255. The first-order valence-electron chi connectivity index (χ1n) is 5.43. The molecule has 0 aromatic carbocycles. The monoisotopic (exact) mass is 216 g/mol. The lowest BCUT2D eigenvalue weighted by Gasteiger charge is -2.26. The number of halogens is 1. The van der Waals surface area contributed by atoms with Crippen molar-refractivity contribution in [1.82, 2.24) is 9.80 Å². The fourth-order valence-corrected chi connectivity index (χ4v) is 2.06. The maximum absolute atomic E-state index is 14.5. The van der Waals surface area contributed by atoms with Crippen molar-refractivity contribution < 1.29 is 9.18 Å². The van der Waals surface area contributed by atoms with Crippen LogP contribution in [-0.2, 0) is 4.79 Å². The zero-order valence-electron chi connectivity index (χ0n) is 10.2. The molecule has 0 bridgehead atoms. The average molecular weight is 216 g/mol. The Balaban J connectivity index is 2.82. The van der Waals surface area contributed by atoms with Crippen LogP contribution in [0.2, 0.25) is 0 Å². The zero-order valence-corrected chi connectivity index (χ0v) is 10.2. The molecule has 15 heavy (non-hydrogen) atoms. The van der Waals surface area contributed by atoms with Crippen molar-refractivity contribution in [2.75, 3.05) is 27.2 Å². The molecular formula is C11H21FN2O. The van der Waals surface area contributed by atoms with Crippen LogP contribution in [0.5, 0.6) is 0 Å². The molecule has 0 spiro atoms. The van der Waals surface area contributed by atoms with Crippen LogP contribution in [-0.4, -0.2) is 54.6 Å². The number of rotatable bonds is 2. The van der Waals surface area contributed by atoms with Gasteiger partial charge in [-0.25, -0.2) is 4.39 Å². The fraction of sp³-hybridized carbons (Fsp3) is 0.909. The molecule has 4 heteroatoms. The summed E-state index contributed by atoms with van der Waals surface area (Å²) in [6, 6.07) is 0.292. The largest absolute Gasteiger partial charge is 0.346 e. The van der Waals surface area contributed by atoms with Gasteiger partial charge >= 0.3 is 0 Å². The van der Waals surface area contributed by atoms with Crippen molar-refractivity contribution in [3.8, 4) is 0 Å². The number of alkyl halides is 1. The topological polar surface area (TPSA) is 23.6 Å². The van der Waals surface area contributed by atoms with E-state index in [0.29, 0.717) is 12.6 Å². The number of nitrogens with zero attached hydrogens (tertiary/aromatic N) is 2. The van der Waals surface area contributed by atoms with E-state index in [0.717, 1.165) is 0 Å². The summed E-state index contributed by atoms with van der Waals surface area (Å²) in [5.41, 5.74) is -1.70. The van der Waals surface area contributed by atoms with Gasteiger partial charge in [-0.2, -0.15) is 0 Å². The Morgan fingerprint density at radius 2 is 2.07 bits per heavy atom. The van der Waals surface area contributed by atoms with Crippen LogP contribution in [0.25, 0.3) is 0 Å². The molecule has 1 saturated heterocycles. The van der Waals surface area contributed by atoms with Gasteiger partial charge in [-0.05, 0) is 13.8 Å². The van der Waals surface area contributed by atoms with Crippen molar-refractivity contribution in [2.45, 2.75) is 32.5 Å². The highest BCUT2D eigenvalue weighted by molar-refractivity contribution is 5.85. The van der Waals surface area contributed by atoms with E-state index in [9.17, 15) is 9.18 Å². The minimum absolute atomic E-state index is 0.225. The second kappa shape index (κ2) is 4.08. The number of hydrogen-bond donors (Lipinski definition) is 0. The lowest BCUT2D eigenvalue weighted by Crippen LogP contribution is -2.48. The second-order valence-electron chi connectivity index (χ2n) is 4.99. The first-order valence-corrected chi connectivity index (χ1v) is 5.43. The van der Waals surface area contributed by atoms with E-state index >= 15 is 0 Å². The Kier molecular flexibility index (Phi) is 3.38. The van der Waals surface area contributed by atoms with Crippen molar-refractivity contribution >= 4 is 5.91 Å². The smallest absolute Gasteiger partial charge is 0.261 e. The zero-order chi connectivity index (χ0) is 11.8. The van der Waals surface area contributed by atoms with E-state index in [1.54, 1.807) is 14.1 Å². The molecule has 0 N–H and O–H groups in total. The van der Waals surface area contributed by atoms with E-state index in [1.165, 1.54) is 4.90 Å². The maximum atomic E-state index is 14.5. The highest BCUT2D eigenvalue weighted by Gasteiger charge is 2.51. The summed E-state index contributed by atoms with van der Waals surface area (Å²) < 4.78 is 14.5. The van der Waals surface area contributed by atoms with Gasteiger partial charge in [0.15, 0.2) is 0 Å². The first-order chi connectivity index (χ1) is 6.79. The van der Waals surface area contributed by atoms with E-state index < -0.39 is 11.6 Å². The maximum Gasteiger partial charge on any atom is 0.261 e. The van der Waals surface area contributed by atoms with Crippen LogP contribution in [0.3, 0.4) is 0 Å². The summed E-state index contributed by atoms with van der Waals surface area (Å²) >= 11 is 0. The number of likely N-dealkylation sites (tertiary alicyclic amines) is 1. The predicted molar refractivity (Wildman–Crippen MR) is 58.4 cm³/mol.